The number of hydrogen-bond donors (Lipinski definition) is 1. The summed E-state index contributed by atoms with van der Waals surface area (Å²) in [4.78, 5) is 60.5. The Bertz CT molecular complexity index is 1830. The predicted octanol–water partition coefficient (Wildman–Crippen LogP) is 6.02. The molecule has 3 aromatic carbocycles. The molecular formula is C37H35ClN2O6. The van der Waals surface area contributed by atoms with Crippen molar-refractivity contribution in [1.82, 2.24) is 4.90 Å². The second kappa shape index (κ2) is 10.6. The lowest BCUT2D eigenvalue weighted by molar-refractivity contribution is -0.145. The van der Waals surface area contributed by atoms with Crippen LogP contribution in [0.15, 0.2) is 84.4 Å². The van der Waals surface area contributed by atoms with E-state index in [2.05, 4.69) is 0 Å². The molecule has 7 rings (SSSR count). The van der Waals surface area contributed by atoms with Crippen molar-refractivity contribution in [3.8, 4) is 11.5 Å². The van der Waals surface area contributed by atoms with Crippen molar-refractivity contribution in [2.75, 3.05) is 12.0 Å². The van der Waals surface area contributed by atoms with E-state index in [4.69, 9.17) is 16.3 Å². The first-order valence-electron chi connectivity index (χ1n) is 15.6. The minimum Gasteiger partial charge on any atom is -0.504 e. The maximum Gasteiger partial charge on any atom is 0.246 e. The number of halogens is 1. The monoisotopic (exact) mass is 638 g/mol. The Hall–Kier alpha value is -4.43. The van der Waals surface area contributed by atoms with Gasteiger partial charge in [-0.2, -0.15) is 0 Å². The number of phenolic OH excluding ortho intramolecular Hbond substituents is 1. The predicted molar refractivity (Wildman–Crippen MR) is 172 cm³/mol. The molecule has 3 fully saturated rings. The summed E-state index contributed by atoms with van der Waals surface area (Å²) in [6.07, 6.45) is 2.58. The average Bonchev–Trinajstić information content (AvgIpc) is 3.42. The van der Waals surface area contributed by atoms with Gasteiger partial charge in [0.05, 0.1) is 36.0 Å². The van der Waals surface area contributed by atoms with Gasteiger partial charge in [0.1, 0.15) is 0 Å². The Kier molecular flexibility index (Phi) is 6.94. The minimum atomic E-state index is -1.40. The third-order valence-corrected chi connectivity index (χ3v) is 10.6. The first kappa shape index (κ1) is 30.2. The molecule has 6 unspecified atom stereocenters. The maximum atomic E-state index is 15.2. The van der Waals surface area contributed by atoms with Gasteiger partial charge in [0.25, 0.3) is 0 Å². The first-order valence-corrected chi connectivity index (χ1v) is 15.9. The topological polar surface area (TPSA) is 104 Å². The number of ether oxygens (including phenoxy) is 1. The number of benzene rings is 3. The van der Waals surface area contributed by atoms with Crippen LogP contribution in [0.25, 0.3) is 0 Å². The standard InChI is InChI=1S/C37H35ClN2O6/c1-36(2,3)40-32(42)25-15-14-24-26(30(25)34(40)44)19-27-33(43)39(23-12-8-11-22(38)18-23)35(45)37(27,21-9-6-5-7-10-21)31(24)20-13-16-28(41)29(17-20)46-4/h5-14,16-18,25-27,30-31,41H,15,19H2,1-4H3. The van der Waals surface area contributed by atoms with Crippen LogP contribution in [-0.2, 0) is 24.6 Å². The Morgan fingerprint density at radius 3 is 2.30 bits per heavy atom. The summed E-state index contributed by atoms with van der Waals surface area (Å²) in [5.41, 5.74) is 0.450. The molecule has 2 saturated heterocycles. The van der Waals surface area contributed by atoms with Crippen molar-refractivity contribution in [1.29, 1.82) is 0 Å². The highest BCUT2D eigenvalue weighted by atomic mass is 35.5. The fraction of sp³-hybridized carbons (Fsp3) is 0.351. The number of fused-ring (bicyclic) bond motifs is 4. The number of carbonyl (C=O) groups excluding carboxylic acids is 4. The second-order valence-electron chi connectivity index (χ2n) is 13.7. The molecular weight excluding hydrogens is 604 g/mol. The van der Waals surface area contributed by atoms with Crippen molar-refractivity contribution >= 4 is 40.9 Å². The van der Waals surface area contributed by atoms with E-state index >= 15 is 4.79 Å². The highest BCUT2D eigenvalue weighted by Gasteiger charge is 2.70. The normalized spacial score (nSPS) is 29.0. The molecule has 2 aliphatic heterocycles. The van der Waals surface area contributed by atoms with Gasteiger partial charge in [0.15, 0.2) is 11.5 Å². The van der Waals surface area contributed by atoms with Gasteiger partial charge in [-0.3, -0.25) is 24.1 Å². The maximum absolute atomic E-state index is 15.2. The van der Waals surface area contributed by atoms with Crippen LogP contribution in [0, 0.1) is 23.7 Å². The Labute approximate surface area is 272 Å². The summed E-state index contributed by atoms with van der Waals surface area (Å²) in [5.74, 6) is -4.29. The van der Waals surface area contributed by atoms with Gasteiger partial charge in [0.2, 0.25) is 23.6 Å². The van der Waals surface area contributed by atoms with E-state index in [0.29, 0.717) is 28.3 Å². The SMILES string of the molecule is COc1cc(C2C3=CCC4C(=O)N(C(C)(C)C)C(=O)C4C3CC3C(=O)N(c4cccc(Cl)c4)C(=O)C32c2ccccc2)ccc1O. The Balaban J connectivity index is 1.50. The van der Waals surface area contributed by atoms with Crippen LogP contribution < -0.4 is 9.64 Å². The van der Waals surface area contributed by atoms with Crippen molar-refractivity contribution in [2.45, 2.75) is 50.5 Å². The van der Waals surface area contributed by atoms with E-state index in [1.54, 1.807) is 36.4 Å². The van der Waals surface area contributed by atoms with E-state index in [9.17, 15) is 19.5 Å². The van der Waals surface area contributed by atoms with Gasteiger partial charge in [-0.15, -0.1) is 0 Å². The molecule has 2 aliphatic carbocycles. The molecule has 0 bridgehead atoms. The third-order valence-electron chi connectivity index (χ3n) is 10.4. The van der Waals surface area contributed by atoms with Gasteiger partial charge in [-0.05, 0) is 81.0 Å². The van der Waals surface area contributed by atoms with Gasteiger partial charge >= 0.3 is 0 Å². The number of anilines is 1. The van der Waals surface area contributed by atoms with Crippen LogP contribution in [0.2, 0.25) is 5.02 Å². The number of rotatable bonds is 4. The Morgan fingerprint density at radius 1 is 0.891 bits per heavy atom. The number of phenols is 1. The van der Waals surface area contributed by atoms with Crippen LogP contribution in [0.1, 0.15) is 50.7 Å². The second-order valence-corrected chi connectivity index (χ2v) is 14.1. The molecule has 2 heterocycles. The number of carbonyl (C=O) groups is 4. The molecule has 0 spiro atoms. The molecule has 3 aromatic rings. The quantitative estimate of drug-likeness (QED) is 0.277. The summed E-state index contributed by atoms with van der Waals surface area (Å²) >= 11 is 6.37. The van der Waals surface area contributed by atoms with Gasteiger partial charge < -0.3 is 9.84 Å². The number of allylic oxidation sites excluding steroid dienone is 2. The van der Waals surface area contributed by atoms with E-state index in [1.807, 2.05) is 57.2 Å². The zero-order chi connectivity index (χ0) is 32.7. The van der Waals surface area contributed by atoms with E-state index < -0.39 is 40.5 Å². The number of nitrogens with zero attached hydrogens (tertiary/aromatic N) is 2. The molecule has 1 N–H and O–H groups in total. The van der Waals surface area contributed by atoms with Gasteiger partial charge in [-0.1, -0.05) is 65.7 Å². The fourth-order valence-corrected chi connectivity index (χ4v) is 8.84. The van der Waals surface area contributed by atoms with Crippen molar-refractivity contribution < 1.29 is 29.0 Å². The molecule has 8 nitrogen and oxygen atoms in total. The molecule has 0 aromatic heterocycles. The molecule has 0 radical (unpaired) electrons. The van der Waals surface area contributed by atoms with Crippen molar-refractivity contribution in [3.05, 3.63) is 101 Å². The molecule has 4 amide bonds. The highest BCUT2D eigenvalue weighted by Crippen LogP contribution is 2.65. The van der Waals surface area contributed by atoms with Crippen LogP contribution in [0.5, 0.6) is 11.5 Å². The molecule has 1 saturated carbocycles. The molecule has 46 heavy (non-hydrogen) atoms. The summed E-state index contributed by atoms with van der Waals surface area (Å²) < 4.78 is 5.51. The van der Waals surface area contributed by atoms with Crippen LogP contribution in [-0.4, -0.2) is 46.3 Å². The number of aromatic hydroxyl groups is 1. The highest BCUT2D eigenvalue weighted by molar-refractivity contribution is 6.32. The zero-order valence-corrected chi connectivity index (χ0v) is 26.8. The van der Waals surface area contributed by atoms with Crippen LogP contribution in [0.3, 0.4) is 0 Å². The largest absolute Gasteiger partial charge is 0.504 e. The smallest absolute Gasteiger partial charge is 0.246 e. The van der Waals surface area contributed by atoms with Crippen LogP contribution >= 0.6 is 11.6 Å². The van der Waals surface area contributed by atoms with E-state index in [-0.39, 0.29) is 41.5 Å². The molecule has 4 aliphatic rings. The lowest BCUT2D eigenvalue weighted by atomic mass is 9.49. The van der Waals surface area contributed by atoms with E-state index in [1.165, 1.54) is 23.0 Å². The van der Waals surface area contributed by atoms with Crippen molar-refractivity contribution in [3.63, 3.8) is 0 Å². The fourth-order valence-electron chi connectivity index (χ4n) is 8.65. The average molecular weight is 639 g/mol. The van der Waals surface area contributed by atoms with E-state index in [0.717, 1.165) is 5.57 Å². The van der Waals surface area contributed by atoms with Crippen LogP contribution in [0.4, 0.5) is 5.69 Å². The minimum absolute atomic E-state index is 0.0617. The van der Waals surface area contributed by atoms with Crippen molar-refractivity contribution in [2.24, 2.45) is 23.7 Å². The summed E-state index contributed by atoms with van der Waals surface area (Å²) in [5, 5.41) is 11.0. The third kappa shape index (κ3) is 4.12. The summed E-state index contributed by atoms with van der Waals surface area (Å²) in [7, 11) is 1.46. The lowest BCUT2D eigenvalue weighted by Crippen LogP contribution is -2.53. The number of amides is 4. The first-order chi connectivity index (χ1) is 21.9. The number of imide groups is 2. The molecule has 6 atom stereocenters. The number of hydrogen-bond acceptors (Lipinski definition) is 6. The summed E-state index contributed by atoms with van der Waals surface area (Å²) in [6, 6.07) is 21.0. The zero-order valence-electron chi connectivity index (χ0n) is 26.1. The van der Waals surface area contributed by atoms with Gasteiger partial charge in [-0.25, -0.2) is 4.90 Å². The molecule has 9 heteroatoms. The van der Waals surface area contributed by atoms with Gasteiger partial charge in [0, 0.05) is 16.5 Å². The number of likely N-dealkylation sites (tertiary alicyclic amines) is 1. The molecule has 236 valence electrons. The Morgan fingerprint density at radius 2 is 1.63 bits per heavy atom. The lowest BCUT2D eigenvalue weighted by Gasteiger charge is -2.50. The summed E-state index contributed by atoms with van der Waals surface area (Å²) in [6.45, 7) is 5.55. The number of methoxy groups -OCH3 is 1.